The number of alkyl halides is 2. The Morgan fingerprint density at radius 1 is 1.67 bits per heavy atom. The van der Waals surface area contributed by atoms with E-state index in [4.69, 9.17) is 5.11 Å². The van der Waals surface area contributed by atoms with E-state index in [2.05, 4.69) is 20.9 Å². The standard InChI is InChI=1S/C8H5BrF2INO2/c9-7-5(8(10)11)6(12)3(2-13-7)1-4(14)15/h2,8H,1H2,(H,14,15). The number of carbonyl (C=O) groups is 1. The lowest BCUT2D eigenvalue weighted by molar-refractivity contribution is -0.136. The van der Waals surface area contributed by atoms with Gasteiger partial charge in [0.15, 0.2) is 0 Å². The van der Waals surface area contributed by atoms with Crippen LogP contribution in [0.2, 0.25) is 0 Å². The molecule has 0 unspecified atom stereocenters. The van der Waals surface area contributed by atoms with Gasteiger partial charge in [0.25, 0.3) is 6.43 Å². The summed E-state index contributed by atoms with van der Waals surface area (Å²) in [6.45, 7) is 0. The van der Waals surface area contributed by atoms with Crippen molar-refractivity contribution in [3.63, 3.8) is 0 Å². The number of carboxylic acids is 1. The molecule has 7 heteroatoms. The van der Waals surface area contributed by atoms with Crippen LogP contribution in [0, 0.1) is 3.57 Å². The van der Waals surface area contributed by atoms with Crippen LogP contribution in [0.1, 0.15) is 17.6 Å². The number of hydrogen-bond acceptors (Lipinski definition) is 2. The predicted molar refractivity (Wildman–Crippen MR) is 61.0 cm³/mol. The third-order valence-corrected chi connectivity index (χ3v) is 3.54. The fourth-order valence-corrected chi connectivity index (χ4v) is 2.66. The molecule has 1 heterocycles. The lowest BCUT2D eigenvalue weighted by Gasteiger charge is -2.09. The van der Waals surface area contributed by atoms with Crippen molar-refractivity contribution in [2.45, 2.75) is 12.8 Å². The summed E-state index contributed by atoms with van der Waals surface area (Å²) in [5.74, 6) is -1.07. The van der Waals surface area contributed by atoms with E-state index in [1.165, 1.54) is 6.20 Å². The van der Waals surface area contributed by atoms with Crippen molar-refractivity contribution in [1.29, 1.82) is 0 Å². The highest BCUT2D eigenvalue weighted by Gasteiger charge is 2.20. The number of pyridine rings is 1. The summed E-state index contributed by atoms with van der Waals surface area (Å²) in [7, 11) is 0. The van der Waals surface area contributed by atoms with Crippen LogP contribution in [0.3, 0.4) is 0 Å². The maximum Gasteiger partial charge on any atom is 0.307 e. The quantitative estimate of drug-likeness (QED) is 0.636. The molecular weight excluding hydrogens is 387 g/mol. The lowest BCUT2D eigenvalue weighted by atomic mass is 10.1. The normalized spacial score (nSPS) is 10.7. The molecule has 82 valence electrons. The van der Waals surface area contributed by atoms with E-state index in [0.717, 1.165) is 0 Å². The van der Waals surface area contributed by atoms with E-state index in [-0.39, 0.29) is 20.2 Å². The maximum absolute atomic E-state index is 12.6. The Bertz CT molecular complexity index is 400. The summed E-state index contributed by atoms with van der Waals surface area (Å²) in [6.07, 6.45) is -1.70. The Kier molecular flexibility index (Phi) is 4.38. The second-order valence-corrected chi connectivity index (χ2v) is 4.50. The van der Waals surface area contributed by atoms with Gasteiger partial charge in [0.1, 0.15) is 4.60 Å². The molecule has 0 saturated heterocycles. The first-order valence-corrected chi connectivity index (χ1v) is 5.63. The van der Waals surface area contributed by atoms with Crippen LogP contribution in [0.4, 0.5) is 8.78 Å². The number of nitrogens with zero attached hydrogens (tertiary/aromatic N) is 1. The van der Waals surface area contributed by atoms with Gasteiger partial charge in [0, 0.05) is 9.77 Å². The van der Waals surface area contributed by atoms with Crippen LogP contribution < -0.4 is 0 Å². The Morgan fingerprint density at radius 2 is 2.27 bits per heavy atom. The molecule has 15 heavy (non-hydrogen) atoms. The Hall–Kier alpha value is -0.310. The van der Waals surface area contributed by atoms with Crippen molar-refractivity contribution in [2.24, 2.45) is 0 Å². The monoisotopic (exact) mass is 391 g/mol. The molecule has 1 N–H and O–H groups in total. The number of rotatable bonds is 3. The first-order chi connectivity index (χ1) is 6.93. The molecule has 0 aliphatic heterocycles. The van der Waals surface area contributed by atoms with Crippen molar-refractivity contribution in [3.8, 4) is 0 Å². The van der Waals surface area contributed by atoms with Gasteiger partial charge in [-0.3, -0.25) is 4.79 Å². The van der Waals surface area contributed by atoms with Crippen molar-refractivity contribution in [1.82, 2.24) is 4.98 Å². The smallest absolute Gasteiger partial charge is 0.307 e. The third kappa shape index (κ3) is 3.07. The maximum atomic E-state index is 12.6. The number of aromatic nitrogens is 1. The lowest BCUT2D eigenvalue weighted by Crippen LogP contribution is -2.06. The van der Waals surface area contributed by atoms with Gasteiger partial charge in [0.2, 0.25) is 0 Å². The molecule has 1 aromatic heterocycles. The Labute approximate surface area is 106 Å². The van der Waals surface area contributed by atoms with Gasteiger partial charge in [-0.1, -0.05) is 0 Å². The van der Waals surface area contributed by atoms with E-state index < -0.39 is 12.4 Å². The van der Waals surface area contributed by atoms with E-state index in [1.807, 2.05) is 0 Å². The zero-order valence-electron chi connectivity index (χ0n) is 7.18. The topological polar surface area (TPSA) is 50.2 Å². The van der Waals surface area contributed by atoms with Crippen LogP contribution in [-0.2, 0) is 11.2 Å². The molecule has 0 saturated carbocycles. The highest BCUT2D eigenvalue weighted by atomic mass is 127. The SMILES string of the molecule is O=C(O)Cc1cnc(Br)c(C(F)F)c1I. The van der Waals surface area contributed by atoms with Crippen molar-refractivity contribution >= 4 is 44.5 Å². The van der Waals surface area contributed by atoms with E-state index in [1.54, 1.807) is 22.6 Å². The molecule has 0 radical (unpaired) electrons. The summed E-state index contributed by atoms with van der Waals surface area (Å²) in [6, 6.07) is 0. The molecule has 0 aromatic carbocycles. The van der Waals surface area contributed by atoms with Crippen LogP contribution in [0.5, 0.6) is 0 Å². The average Bonchev–Trinajstić information content (AvgIpc) is 2.09. The number of carboxylic acid groups (broad SMARTS) is 1. The second-order valence-electron chi connectivity index (χ2n) is 2.67. The van der Waals surface area contributed by atoms with Crippen LogP contribution in [0.25, 0.3) is 0 Å². The second kappa shape index (κ2) is 5.15. The van der Waals surface area contributed by atoms with Gasteiger partial charge in [-0.05, 0) is 44.1 Å². The first kappa shape index (κ1) is 12.8. The molecular formula is C8H5BrF2INO2. The summed E-state index contributed by atoms with van der Waals surface area (Å²) in [5, 5.41) is 8.56. The predicted octanol–water partition coefficient (Wildman–Crippen LogP) is 3.01. The summed E-state index contributed by atoms with van der Waals surface area (Å²) in [4.78, 5) is 14.1. The fourth-order valence-electron chi connectivity index (χ4n) is 0.996. The van der Waals surface area contributed by atoms with Crippen LogP contribution >= 0.6 is 38.5 Å². The molecule has 0 aliphatic rings. The molecule has 1 rings (SSSR count). The van der Waals surface area contributed by atoms with Gasteiger partial charge in [-0.15, -0.1) is 0 Å². The van der Waals surface area contributed by atoms with Gasteiger partial charge < -0.3 is 5.11 Å². The molecule has 0 aliphatic carbocycles. The number of aliphatic carboxylic acids is 1. The Morgan fingerprint density at radius 3 is 2.73 bits per heavy atom. The van der Waals surface area contributed by atoms with Gasteiger partial charge in [-0.2, -0.15) is 0 Å². The fraction of sp³-hybridized carbons (Fsp3) is 0.250. The van der Waals surface area contributed by atoms with E-state index in [0.29, 0.717) is 5.56 Å². The van der Waals surface area contributed by atoms with Crippen LogP contribution in [-0.4, -0.2) is 16.1 Å². The average molecular weight is 392 g/mol. The number of hydrogen-bond donors (Lipinski definition) is 1. The zero-order chi connectivity index (χ0) is 11.6. The van der Waals surface area contributed by atoms with Crippen LogP contribution in [0.15, 0.2) is 10.8 Å². The minimum atomic E-state index is -2.67. The minimum Gasteiger partial charge on any atom is -0.481 e. The van der Waals surface area contributed by atoms with Crippen molar-refractivity contribution in [2.75, 3.05) is 0 Å². The summed E-state index contributed by atoms with van der Waals surface area (Å²) in [5.41, 5.74) is 0.0379. The molecule has 0 amide bonds. The minimum absolute atomic E-state index is 0.0519. The van der Waals surface area contributed by atoms with Crippen molar-refractivity contribution in [3.05, 3.63) is 25.5 Å². The Balaban J connectivity index is 3.22. The molecule has 0 spiro atoms. The largest absolute Gasteiger partial charge is 0.481 e. The third-order valence-electron chi connectivity index (χ3n) is 1.63. The summed E-state index contributed by atoms with van der Waals surface area (Å²) >= 11 is 4.61. The van der Waals surface area contributed by atoms with Gasteiger partial charge in [-0.25, -0.2) is 13.8 Å². The van der Waals surface area contributed by atoms with Gasteiger partial charge >= 0.3 is 5.97 Å². The van der Waals surface area contributed by atoms with Crippen molar-refractivity contribution < 1.29 is 18.7 Å². The first-order valence-electron chi connectivity index (χ1n) is 3.76. The van der Waals surface area contributed by atoms with Gasteiger partial charge in [0.05, 0.1) is 12.0 Å². The highest BCUT2D eigenvalue weighted by Crippen LogP contribution is 2.32. The summed E-state index contributed by atoms with van der Waals surface area (Å²) < 4.78 is 25.5. The molecule has 0 fully saturated rings. The molecule has 0 atom stereocenters. The molecule has 3 nitrogen and oxygen atoms in total. The molecule has 1 aromatic rings. The molecule has 0 bridgehead atoms. The van der Waals surface area contributed by atoms with E-state index in [9.17, 15) is 13.6 Å². The zero-order valence-corrected chi connectivity index (χ0v) is 10.9. The number of halogens is 4. The van der Waals surface area contributed by atoms with E-state index >= 15 is 0 Å². The highest BCUT2D eigenvalue weighted by molar-refractivity contribution is 14.1.